The molecule has 7 nitrogen and oxygen atoms in total. The van der Waals surface area contributed by atoms with E-state index in [1.54, 1.807) is 11.3 Å². The molecule has 0 spiro atoms. The summed E-state index contributed by atoms with van der Waals surface area (Å²) >= 11 is 2.99. The van der Waals surface area contributed by atoms with Crippen LogP contribution >= 0.6 is 23.1 Å². The summed E-state index contributed by atoms with van der Waals surface area (Å²) in [4.78, 5) is 24.5. The van der Waals surface area contributed by atoms with E-state index in [0.717, 1.165) is 17.2 Å². The molecule has 0 aliphatic carbocycles. The van der Waals surface area contributed by atoms with Crippen LogP contribution < -0.4 is 11.1 Å². The first-order chi connectivity index (χ1) is 12.4. The molecule has 1 atom stereocenters. The number of primary amides is 1. The van der Waals surface area contributed by atoms with Gasteiger partial charge in [0, 0.05) is 24.3 Å². The minimum Gasteiger partial charge on any atom is -0.370 e. The molecule has 2 aromatic rings. The predicted octanol–water partition coefficient (Wildman–Crippen LogP) is 2.21. The smallest absolute Gasteiger partial charge is 0.233 e. The van der Waals surface area contributed by atoms with Gasteiger partial charge in [-0.05, 0) is 24.3 Å². The van der Waals surface area contributed by atoms with Crippen molar-refractivity contribution < 1.29 is 9.59 Å². The fraction of sp³-hybridized carbons (Fsp3) is 0.529. The van der Waals surface area contributed by atoms with Gasteiger partial charge >= 0.3 is 0 Å². The molecule has 2 rings (SSSR count). The number of carbonyl (C=O) groups excluding carboxylic acids is 2. The van der Waals surface area contributed by atoms with E-state index in [9.17, 15) is 9.59 Å². The summed E-state index contributed by atoms with van der Waals surface area (Å²) in [6, 6.07) is 3.96. The molecule has 2 heterocycles. The molecule has 9 heteroatoms. The van der Waals surface area contributed by atoms with Crippen molar-refractivity contribution in [2.45, 2.75) is 57.1 Å². The first-order valence-electron chi connectivity index (χ1n) is 8.54. The number of thiophene rings is 1. The van der Waals surface area contributed by atoms with Crippen molar-refractivity contribution in [1.82, 2.24) is 20.1 Å². The Kier molecular flexibility index (Phi) is 7.65. The molecule has 0 saturated carbocycles. The van der Waals surface area contributed by atoms with Crippen LogP contribution in [0.3, 0.4) is 0 Å². The fourth-order valence-corrected chi connectivity index (χ4v) is 3.86. The van der Waals surface area contributed by atoms with Crippen LogP contribution in [0.4, 0.5) is 0 Å². The van der Waals surface area contributed by atoms with Crippen LogP contribution in [-0.2, 0) is 29.1 Å². The highest BCUT2D eigenvalue weighted by Gasteiger charge is 2.20. The van der Waals surface area contributed by atoms with Gasteiger partial charge in [0.1, 0.15) is 5.82 Å². The number of hydrogen-bond donors (Lipinski definition) is 2. The molecular formula is C17H25N5O2S2. The Labute approximate surface area is 161 Å². The van der Waals surface area contributed by atoms with Gasteiger partial charge in [0.15, 0.2) is 5.16 Å². The molecule has 0 aliphatic heterocycles. The van der Waals surface area contributed by atoms with Gasteiger partial charge in [0.25, 0.3) is 0 Å². The van der Waals surface area contributed by atoms with Gasteiger partial charge in [-0.25, -0.2) is 0 Å². The summed E-state index contributed by atoms with van der Waals surface area (Å²) in [5.41, 5.74) is 5.24. The Morgan fingerprint density at radius 1 is 1.35 bits per heavy atom. The lowest BCUT2D eigenvalue weighted by Gasteiger charge is -2.15. The van der Waals surface area contributed by atoms with Crippen molar-refractivity contribution >= 4 is 34.9 Å². The van der Waals surface area contributed by atoms with Gasteiger partial charge in [0.2, 0.25) is 11.8 Å². The molecule has 2 amide bonds. The van der Waals surface area contributed by atoms with Gasteiger partial charge in [-0.1, -0.05) is 31.7 Å². The molecule has 1 unspecified atom stereocenters. The maximum absolute atomic E-state index is 12.4. The van der Waals surface area contributed by atoms with Crippen LogP contribution in [0.1, 0.15) is 37.9 Å². The highest BCUT2D eigenvalue weighted by Crippen LogP contribution is 2.24. The van der Waals surface area contributed by atoms with Gasteiger partial charge in [0.05, 0.1) is 11.8 Å². The van der Waals surface area contributed by atoms with Crippen molar-refractivity contribution in [3.8, 4) is 0 Å². The first-order valence-corrected chi connectivity index (χ1v) is 10.3. The molecule has 0 saturated heterocycles. The van der Waals surface area contributed by atoms with Gasteiger partial charge < -0.3 is 15.6 Å². The maximum atomic E-state index is 12.4. The standard InChI is InChI=1S/C17H25N5O2S2/c1-11(2)10-22-15(7-6-14(18)23)20-21-17(22)26-12(3)16(24)19-9-13-5-4-8-25-13/h4-5,8,11-12H,6-7,9-10H2,1-3H3,(H2,18,23)(H,19,24). The molecule has 0 bridgehead atoms. The topological polar surface area (TPSA) is 103 Å². The number of thioether (sulfide) groups is 1. The monoisotopic (exact) mass is 395 g/mol. The summed E-state index contributed by atoms with van der Waals surface area (Å²) in [5, 5.41) is 13.7. The van der Waals surface area contributed by atoms with Crippen LogP contribution in [0.5, 0.6) is 0 Å². The number of rotatable bonds is 10. The van der Waals surface area contributed by atoms with E-state index in [1.165, 1.54) is 11.8 Å². The molecule has 2 aromatic heterocycles. The molecule has 0 aromatic carbocycles. The normalized spacial score (nSPS) is 12.3. The lowest BCUT2D eigenvalue weighted by Crippen LogP contribution is -2.30. The number of nitrogens with zero attached hydrogens (tertiary/aromatic N) is 3. The molecular weight excluding hydrogens is 370 g/mol. The molecule has 142 valence electrons. The van der Waals surface area contributed by atoms with E-state index in [0.29, 0.717) is 24.0 Å². The quantitative estimate of drug-likeness (QED) is 0.601. The largest absolute Gasteiger partial charge is 0.370 e. The third-order valence-corrected chi connectivity index (χ3v) is 5.56. The highest BCUT2D eigenvalue weighted by molar-refractivity contribution is 8.00. The summed E-state index contributed by atoms with van der Waals surface area (Å²) in [7, 11) is 0. The Hall–Kier alpha value is -1.87. The Bertz CT molecular complexity index is 728. The lowest BCUT2D eigenvalue weighted by atomic mass is 10.2. The van der Waals surface area contributed by atoms with Crippen molar-refractivity contribution in [2.75, 3.05) is 0 Å². The summed E-state index contributed by atoms with van der Waals surface area (Å²) in [6.45, 7) is 7.32. The Morgan fingerprint density at radius 2 is 2.12 bits per heavy atom. The van der Waals surface area contributed by atoms with Gasteiger partial charge in [-0.3, -0.25) is 9.59 Å². The number of nitrogens with two attached hydrogens (primary N) is 1. The van der Waals surface area contributed by atoms with Crippen molar-refractivity contribution in [2.24, 2.45) is 11.7 Å². The van der Waals surface area contributed by atoms with E-state index in [-0.39, 0.29) is 23.5 Å². The average molecular weight is 396 g/mol. The lowest BCUT2D eigenvalue weighted by molar-refractivity contribution is -0.120. The van der Waals surface area contributed by atoms with Crippen LogP contribution in [0.25, 0.3) is 0 Å². The number of aromatic nitrogens is 3. The second kappa shape index (κ2) is 9.72. The number of nitrogens with one attached hydrogen (secondary N) is 1. The number of hydrogen-bond acceptors (Lipinski definition) is 6. The number of carbonyl (C=O) groups is 2. The molecule has 0 aliphatic rings. The van der Waals surface area contributed by atoms with Crippen LogP contribution in [0.15, 0.2) is 22.7 Å². The average Bonchev–Trinajstić information content (AvgIpc) is 3.21. The number of amides is 2. The van der Waals surface area contributed by atoms with E-state index in [4.69, 9.17) is 5.73 Å². The van der Waals surface area contributed by atoms with Crippen LogP contribution in [0.2, 0.25) is 0 Å². The second-order valence-corrected chi connectivity index (χ2v) is 8.77. The third-order valence-electron chi connectivity index (χ3n) is 3.60. The minimum atomic E-state index is -0.361. The summed E-state index contributed by atoms with van der Waals surface area (Å²) < 4.78 is 1.99. The SMILES string of the molecule is CC(C)Cn1c(CCC(N)=O)nnc1SC(C)C(=O)NCc1cccs1. The molecule has 0 fully saturated rings. The summed E-state index contributed by atoms with van der Waals surface area (Å²) in [6.07, 6.45) is 0.687. The maximum Gasteiger partial charge on any atom is 0.233 e. The van der Waals surface area contributed by atoms with E-state index >= 15 is 0 Å². The predicted molar refractivity (Wildman–Crippen MR) is 104 cm³/mol. The third kappa shape index (κ3) is 6.14. The zero-order chi connectivity index (χ0) is 19.1. The molecule has 3 N–H and O–H groups in total. The Balaban J connectivity index is 2.01. The minimum absolute atomic E-state index is 0.0406. The van der Waals surface area contributed by atoms with Crippen LogP contribution in [0, 0.1) is 5.92 Å². The van der Waals surface area contributed by atoms with E-state index < -0.39 is 0 Å². The Morgan fingerprint density at radius 3 is 2.73 bits per heavy atom. The number of aryl methyl sites for hydroxylation is 1. The van der Waals surface area contributed by atoms with Crippen molar-refractivity contribution in [1.29, 1.82) is 0 Å². The van der Waals surface area contributed by atoms with Crippen molar-refractivity contribution in [3.05, 3.63) is 28.2 Å². The zero-order valence-electron chi connectivity index (χ0n) is 15.3. The van der Waals surface area contributed by atoms with E-state index in [1.807, 2.05) is 29.0 Å². The molecule has 26 heavy (non-hydrogen) atoms. The van der Waals surface area contributed by atoms with E-state index in [2.05, 4.69) is 29.4 Å². The van der Waals surface area contributed by atoms with Gasteiger partial charge in [-0.15, -0.1) is 21.5 Å². The molecule has 0 radical (unpaired) electrons. The van der Waals surface area contributed by atoms with Crippen molar-refractivity contribution in [3.63, 3.8) is 0 Å². The summed E-state index contributed by atoms with van der Waals surface area (Å²) in [5.74, 6) is 0.715. The first kappa shape index (κ1) is 20.4. The fourth-order valence-electron chi connectivity index (χ4n) is 2.32. The highest BCUT2D eigenvalue weighted by atomic mass is 32.2. The second-order valence-electron chi connectivity index (χ2n) is 6.43. The van der Waals surface area contributed by atoms with Gasteiger partial charge in [-0.2, -0.15) is 0 Å². The van der Waals surface area contributed by atoms with Crippen LogP contribution in [-0.4, -0.2) is 31.8 Å². The zero-order valence-corrected chi connectivity index (χ0v) is 16.9.